The van der Waals surface area contributed by atoms with Crippen molar-refractivity contribution in [3.8, 4) is 5.75 Å². The second kappa shape index (κ2) is 7.46. The number of hydrogen-bond donors (Lipinski definition) is 0. The van der Waals surface area contributed by atoms with Crippen molar-refractivity contribution in [1.82, 2.24) is 0 Å². The lowest BCUT2D eigenvalue weighted by atomic mass is 10.0. The molecule has 2 aromatic carbocycles. The molecule has 0 spiro atoms. The van der Waals surface area contributed by atoms with Gasteiger partial charge >= 0.3 is 0 Å². The Morgan fingerprint density at radius 2 is 1.65 bits per heavy atom. The highest BCUT2D eigenvalue weighted by molar-refractivity contribution is 5.81. The number of carbonyl (C=O) groups is 1. The van der Waals surface area contributed by atoms with Gasteiger partial charge in [-0.1, -0.05) is 48.5 Å². The molecule has 20 heavy (non-hydrogen) atoms. The number of ether oxygens (including phenoxy) is 2. The van der Waals surface area contributed by atoms with E-state index in [4.69, 9.17) is 9.47 Å². The molecule has 0 bridgehead atoms. The first kappa shape index (κ1) is 14.3. The lowest BCUT2D eigenvalue weighted by molar-refractivity contribution is -0.124. The molecule has 0 aliphatic rings. The Bertz CT molecular complexity index is 549. The van der Waals surface area contributed by atoms with Crippen LogP contribution in [0.3, 0.4) is 0 Å². The lowest BCUT2D eigenvalue weighted by Crippen LogP contribution is -2.16. The van der Waals surface area contributed by atoms with Gasteiger partial charge in [-0.25, -0.2) is 0 Å². The Morgan fingerprint density at radius 1 is 0.950 bits per heavy atom. The van der Waals surface area contributed by atoms with Crippen molar-refractivity contribution in [1.29, 1.82) is 0 Å². The van der Waals surface area contributed by atoms with Crippen molar-refractivity contribution in [2.24, 2.45) is 0 Å². The van der Waals surface area contributed by atoms with Gasteiger partial charge in [0.25, 0.3) is 0 Å². The van der Waals surface area contributed by atoms with Crippen molar-refractivity contribution in [2.75, 3.05) is 20.3 Å². The van der Waals surface area contributed by atoms with Gasteiger partial charge in [0, 0.05) is 13.5 Å². The number of methoxy groups -OCH3 is 1. The average molecular weight is 270 g/mol. The fourth-order valence-corrected chi connectivity index (χ4v) is 1.97. The second-order valence-corrected chi connectivity index (χ2v) is 4.53. The summed E-state index contributed by atoms with van der Waals surface area (Å²) in [6.45, 7) is 0.125. The summed E-state index contributed by atoms with van der Waals surface area (Å²) in [5.41, 5.74) is 2.29. The highest BCUT2D eigenvalue weighted by Gasteiger charge is 2.07. The molecule has 0 amide bonds. The van der Waals surface area contributed by atoms with Crippen LogP contribution in [0, 0.1) is 0 Å². The molecule has 0 heterocycles. The maximum Gasteiger partial charge on any atom is 0.195 e. The molecular weight excluding hydrogens is 252 g/mol. The number of rotatable bonds is 7. The van der Waals surface area contributed by atoms with Crippen LogP contribution in [0.15, 0.2) is 54.6 Å². The first-order chi connectivity index (χ1) is 9.79. The zero-order chi connectivity index (χ0) is 14.2. The minimum atomic E-state index is -0.0676. The second-order valence-electron chi connectivity index (χ2n) is 4.53. The minimum Gasteiger partial charge on any atom is -0.485 e. The molecule has 0 atom stereocenters. The van der Waals surface area contributed by atoms with E-state index in [-0.39, 0.29) is 19.0 Å². The van der Waals surface area contributed by atoms with Gasteiger partial charge in [0.1, 0.15) is 19.0 Å². The molecule has 0 aromatic heterocycles. The van der Waals surface area contributed by atoms with Gasteiger partial charge in [0.2, 0.25) is 0 Å². The predicted molar refractivity (Wildman–Crippen MR) is 78.1 cm³/mol. The predicted octanol–water partition coefficient (Wildman–Crippen LogP) is 2.87. The SMILES string of the molecule is COCC(=O)COc1ccccc1Cc1ccccc1. The fraction of sp³-hybridized carbons (Fsp3) is 0.235. The first-order valence-corrected chi connectivity index (χ1v) is 6.55. The molecule has 0 N–H and O–H groups in total. The van der Waals surface area contributed by atoms with Gasteiger partial charge < -0.3 is 9.47 Å². The maximum absolute atomic E-state index is 11.4. The first-order valence-electron chi connectivity index (χ1n) is 6.55. The molecule has 104 valence electrons. The van der Waals surface area contributed by atoms with Crippen LogP contribution in [0.5, 0.6) is 5.75 Å². The highest BCUT2D eigenvalue weighted by atomic mass is 16.5. The van der Waals surface area contributed by atoms with Gasteiger partial charge in [0.15, 0.2) is 5.78 Å². The van der Waals surface area contributed by atoms with Crippen molar-refractivity contribution in [2.45, 2.75) is 6.42 Å². The van der Waals surface area contributed by atoms with Crippen molar-refractivity contribution in [3.05, 3.63) is 65.7 Å². The monoisotopic (exact) mass is 270 g/mol. The summed E-state index contributed by atoms with van der Waals surface area (Å²) in [5, 5.41) is 0. The van der Waals surface area contributed by atoms with E-state index >= 15 is 0 Å². The van der Waals surface area contributed by atoms with E-state index in [1.54, 1.807) is 0 Å². The molecule has 3 heteroatoms. The molecule has 0 radical (unpaired) electrons. The molecule has 2 rings (SSSR count). The van der Waals surface area contributed by atoms with E-state index in [9.17, 15) is 4.79 Å². The van der Waals surface area contributed by atoms with Crippen molar-refractivity contribution in [3.63, 3.8) is 0 Å². The molecule has 0 saturated heterocycles. The fourth-order valence-electron chi connectivity index (χ4n) is 1.97. The van der Waals surface area contributed by atoms with E-state index in [1.807, 2.05) is 42.5 Å². The van der Waals surface area contributed by atoms with Gasteiger partial charge in [-0.2, -0.15) is 0 Å². The van der Waals surface area contributed by atoms with Gasteiger partial charge in [0.05, 0.1) is 0 Å². The number of hydrogen-bond acceptors (Lipinski definition) is 3. The molecule has 0 aliphatic carbocycles. The topological polar surface area (TPSA) is 35.5 Å². The van der Waals surface area contributed by atoms with E-state index in [2.05, 4.69) is 12.1 Å². The quantitative estimate of drug-likeness (QED) is 0.776. The van der Waals surface area contributed by atoms with Crippen LogP contribution < -0.4 is 4.74 Å². The molecule has 0 aliphatic heterocycles. The third-order valence-electron chi connectivity index (χ3n) is 2.90. The summed E-state index contributed by atoms with van der Waals surface area (Å²) >= 11 is 0. The highest BCUT2D eigenvalue weighted by Crippen LogP contribution is 2.21. The van der Waals surface area contributed by atoms with Crippen LogP contribution >= 0.6 is 0 Å². The third kappa shape index (κ3) is 4.21. The Kier molecular flexibility index (Phi) is 5.33. The summed E-state index contributed by atoms with van der Waals surface area (Å²) in [6.07, 6.45) is 0.787. The largest absolute Gasteiger partial charge is 0.485 e. The van der Waals surface area contributed by atoms with Crippen LogP contribution in [-0.4, -0.2) is 26.1 Å². The summed E-state index contributed by atoms with van der Waals surface area (Å²) < 4.78 is 10.4. The van der Waals surface area contributed by atoms with E-state index in [0.29, 0.717) is 0 Å². The molecule has 3 nitrogen and oxygen atoms in total. The summed E-state index contributed by atoms with van der Waals surface area (Å²) in [5.74, 6) is 0.683. The van der Waals surface area contributed by atoms with Crippen LogP contribution in [-0.2, 0) is 16.0 Å². The van der Waals surface area contributed by atoms with Crippen LogP contribution in [0.4, 0.5) is 0 Å². The Labute approximate surface area is 119 Å². The zero-order valence-corrected chi connectivity index (χ0v) is 11.5. The van der Waals surface area contributed by atoms with Gasteiger partial charge in [-0.15, -0.1) is 0 Å². The smallest absolute Gasteiger partial charge is 0.195 e. The van der Waals surface area contributed by atoms with E-state index in [0.717, 1.165) is 17.7 Å². The number of ketones is 1. The molecule has 0 unspecified atom stereocenters. The molecular formula is C17H18O3. The number of para-hydroxylation sites is 1. The van der Waals surface area contributed by atoms with Gasteiger partial charge in [-0.05, 0) is 17.2 Å². The Morgan fingerprint density at radius 3 is 2.40 bits per heavy atom. The van der Waals surface area contributed by atoms with Crippen LogP contribution in [0.2, 0.25) is 0 Å². The number of benzene rings is 2. The summed E-state index contributed by atoms with van der Waals surface area (Å²) in [7, 11) is 1.50. The number of Topliss-reactive ketones (excluding diaryl/α,β-unsaturated/α-hetero) is 1. The molecule has 0 fully saturated rings. The number of carbonyl (C=O) groups excluding carboxylic acids is 1. The van der Waals surface area contributed by atoms with Gasteiger partial charge in [-0.3, -0.25) is 4.79 Å². The van der Waals surface area contributed by atoms with Crippen LogP contribution in [0.1, 0.15) is 11.1 Å². The average Bonchev–Trinajstić information content (AvgIpc) is 2.48. The van der Waals surface area contributed by atoms with E-state index < -0.39 is 0 Å². The summed E-state index contributed by atoms with van der Waals surface area (Å²) in [4.78, 5) is 11.4. The normalized spacial score (nSPS) is 10.2. The minimum absolute atomic E-state index is 0.0413. The zero-order valence-electron chi connectivity index (χ0n) is 11.5. The lowest BCUT2D eigenvalue weighted by Gasteiger charge is -2.11. The van der Waals surface area contributed by atoms with Crippen molar-refractivity contribution < 1.29 is 14.3 Å². The molecule has 0 saturated carbocycles. The van der Waals surface area contributed by atoms with E-state index in [1.165, 1.54) is 12.7 Å². The van der Waals surface area contributed by atoms with Crippen LogP contribution in [0.25, 0.3) is 0 Å². The Hall–Kier alpha value is -2.13. The summed E-state index contributed by atoms with van der Waals surface area (Å²) in [6, 6.07) is 18.0. The Balaban J connectivity index is 2.04. The maximum atomic E-state index is 11.4. The molecule has 2 aromatic rings. The van der Waals surface area contributed by atoms with Crippen molar-refractivity contribution >= 4 is 5.78 Å². The third-order valence-corrected chi connectivity index (χ3v) is 2.90. The standard InChI is InChI=1S/C17H18O3/c1-19-12-16(18)13-20-17-10-6-5-9-15(17)11-14-7-3-2-4-8-14/h2-10H,11-13H2,1H3.